The first kappa shape index (κ1) is 21.2. The van der Waals surface area contributed by atoms with Gasteiger partial charge in [0.1, 0.15) is 5.75 Å². The number of aryl methyl sites for hydroxylation is 1. The van der Waals surface area contributed by atoms with Crippen molar-refractivity contribution in [2.75, 3.05) is 17.2 Å². The van der Waals surface area contributed by atoms with Crippen LogP contribution in [0.3, 0.4) is 0 Å². The summed E-state index contributed by atoms with van der Waals surface area (Å²) in [6, 6.07) is 12.0. The van der Waals surface area contributed by atoms with E-state index in [1.165, 1.54) is 6.92 Å². The molecule has 0 saturated heterocycles. The highest BCUT2D eigenvalue weighted by Crippen LogP contribution is 2.23. The number of nitrogens with one attached hydrogen (secondary N) is 2. The molecule has 6 heteroatoms. The van der Waals surface area contributed by atoms with Gasteiger partial charge in [-0.2, -0.15) is 0 Å². The third-order valence-corrected chi connectivity index (χ3v) is 4.06. The third kappa shape index (κ3) is 5.94. The minimum absolute atomic E-state index is 0.0698. The Morgan fingerprint density at radius 1 is 1.00 bits per heavy atom. The molecule has 0 heterocycles. The van der Waals surface area contributed by atoms with Crippen molar-refractivity contribution in [3.05, 3.63) is 53.6 Å². The van der Waals surface area contributed by atoms with Crippen LogP contribution in [0.25, 0.3) is 0 Å². The van der Waals surface area contributed by atoms with Gasteiger partial charge >= 0.3 is 0 Å². The first-order valence-corrected chi connectivity index (χ1v) is 9.02. The monoisotopic (exact) mass is 382 g/mol. The molecule has 2 N–H and O–H groups in total. The van der Waals surface area contributed by atoms with Crippen molar-refractivity contribution in [2.24, 2.45) is 5.41 Å². The fourth-order valence-corrected chi connectivity index (χ4v) is 2.29. The largest absolute Gasteiger partial charge is 0.484 e. The van der Waals surface area contributed by atoms with Gasteiger partial charge in [-0.15, -0.1) is 0 Å². The van der Waals surface area contributed by atoms with Crippen LogP contribution in [-0.2, 0) is 9.59 Å². The molecule has 28 heavy (non-hydrogen) atoms. The molecule has 2 amide bonds. The number of hydrogen-bond donors (Lipinski definition) is 2. The van der Waals surface area contributed by atoms with E-state index in [2.05, 4.69) is 10.6 Å². The van der Waals surface area contributed by atoms with Crippen LogP contribution in [-0.4, -0.2) is 24.2 Å². The van der Waals surface area contributed by atoms with Gasteiger partial charge in [0, 0.05) is 22.4 Å². The van der Waals surface area contributed by atoms with Crippen LogP contribution in [0.1, 0.15) is 43.6 Å². The molecular weight excluding hydrogens is 356 g/mol. The molecule has 0 aromatic heterocycles. The molecule has 0 atom stereocenters. The highest BCUT2D eigenvalue weighted by molar-refractivity contribution is 5.97. The fourth-order valence-electron chi connectivity index (χ4n) is 2.29. The normalized spacial score (nSPS) is 10.9. The van der Waals surface area contributed by atoms with Crippen LogP contribution in [0.15, 0.2) is 42.5 Å². The quantitative estimate of drug-likeness (QED) is 0.734. The van der Waals surface area contributed by atoms with E-state index in [4.69, 9.17) is 4.74 Å². The summed E-state index contributed by atoms with van der Waals surface area (Å²) in [6.45, 7) is 8.63. The van der Waals surface area contributed by atoms with Crippen LogP contribution in [0.5, 0.6) is 5.75 Å². The van der Waals surface area contributed by atoms with Crippen molar-refractivity contribution < 1.29 is 19.1 Å². The number of hydrogen-bond acceptors (Lipinski definition) is 4. The van der Waals surface area contributed by atoms with E-state index in [1.54, 1.807) is 36.4 Å². The number of rotatable bonds is 6. The highest BCUT2D eigenvalue weighted by atomic mass is 16.5. The summed E-state index contributed by atoms with van der Waals surface area (Å²) in [5, 5.41) is 5.63. The summed E-state index contributed by atoms with van der Waals surface area (Å²) >= 11 is 0. The van der Waals surface area contributed by atoms with E-state index in [0.29, 0.717) is 22.7 Å². The Hall–Kier alpha value is -3.15. The molecule has 2 aromatic carbocycles. The van der Waals surface area contributed by atoms with Crippen LogP contribution in [0, 0.1) is 12.3 Å². The molecule has 0 aliphatic carbocycles. The standard InChI is InChI=1S/C22H26N2O4/c1-14-9-10-17(23-21(27)22(3,4)5)12-19(14)24-20(26)13-28-18-8-6-7-16(11-18)15(2)25/h6-12H,13H2,1-5H3,(H,23,27)(H,24,26). The SMILES string of the molecule is CC(=O)c1cccc(OCC(=O)Nc2cc(NC(=O)C(C)(C)C)ccc2C)c1. The number of ketones is 1. The maximum Gasteiger partial charge on any atom is 0.262 e. The van der Waals surface area contributed by atoms with Crippen molar-refractivity contribution >= 4 is 29.0 Å². The first-order valence-electron chi connectivity index (χ1n) is 9.02. The summed E-state index contributed by atoms with van der Waals surface area (Å²) in [7, 11) is 0. The Kier molecular flexibility index (Phi) is 6.57. The van der Waals surface area contributed by atoms with Crippen molar-refractivity contribution in [1.29, 1.82) is 0 Å². The highest BCUT2D eigenvalue weighted by Gasteiger charge is 2.21. The van der Waals surface area contributed by atoms with Crippen LogP contribution in [0.4, 0.5) is 11.4 Å². The van der Waals surface area contributed by atoms with Gasteiger partial charge in [-0.05, 0) is 43.7 Å². The second kappa shape index (κ2) is 8.69. The Morgan fingerprint density at radius 3 is 2.36 bits per heavy atom. The molecule has 6 nitrogen and oxygen atoms in total. The molecule has 0 aliphatic rings. The molecule has 148 valence electrons. The van der Waals surface area contributed by atoms with Crippen LogP contribution < -0.4 is 15.4 Å². The van der Waals surface area contributed by atoms with E-state index in [9.17, 15) is 14.4 Å². The molecule has 2 rings (SSSR count). The Balaban J connectivity index is 2.01. The third-order valence-electron chi connectivity index (χ3n) is 4.06. The first-order chi connectivity index (χ1) is 13.1. The van der Waals surface area contributed by atoms with Gasteiger partial charge in [0.2, 0.25) is 5.91 Å². The van der Waals surface area contributed by atoms with Gasteiger partial charge in [0.15, 0.2) is 12.4 Å². The number of Topliss-reactive ketones (excluding diaryl/α,β-unsaturated/α-hetero) is 1. The zero-order chi connectivity index (χ0) is 20.9. The van der Waals surface area contributed by atoms with Gasteiger partial charge in [-0.1, -0.05) is 39.0 Å². The second-order valence-electron chi connectivity index (χ2n) is 7.65. The molecule has 0 spiro atoms. The summed E-state index contributed by atoms with van der Waals surface area (Å²) in [4.78, 5) is 35.8. The lowest BCUT2D eigenvalue weighted by atomic mass is 9.95. The minimum atomic E-state index is -0.517. The van der Waals surface area contributed by atoms with Gasteiger partial charge < -0.3 is 15.4 Å². The average Bonchev–Trinajstić information content (AvgIpc) is 2.62. The summed E-state index contributed by atoms with van der Waals surface area (Å²) in [5.41, 5.74) is 2.07. The van der Waals surface area contributed by atoms with Gasteiger partial charge in [-0.25, -0.2) is 0 Å². The predicted molar refractivity (Wildman–Crippen MR) is 110 cm³/mol. The molecule has 0 bridgehead atoms. The second-order valence-corrected chi connectivity index (χ2v) is 7.65. The van der Waals surface area contributed by atoms with Crippen molar-refractivity contribution in [3.63, 3.8) is 0 Å². The van der Waals surface area contributed by atoms with Gasteiger partial charge in [0.05, 0.1) is 0 Å². The molecule has 0 fully saturated rings. The van der Waals surface area contributed by atoms with E-state index >= 15 is 0 Å². The van der Waals surface area contributed by atoms with E-state index in [-0.39, 0.29) is 24.2 Å². The Labute approximate surface area is 165 Å². The summed E-state index contributed by atoms with van der Waals surface area (Å²) < 4.78 is 5.48. The zero-order valence-corrected chi connectivity index (χ0v) is 16.9. The number of carbonyl (C=O) groups excluding carboxylic acids is 3. The van der Waals surface area contributed by atoms with Crippen molar-refractivity contribution in [2.45, 2.75) is 34.6 Å². The molecule has 0 aliphatic heterocycles. The lowest BCUT2D eigenvalue weighted by Crippen LogP contribution is -2.27. The Bertz CT molecular complexity index is 898. The Morgan fingerprint density at radius 2 is 1.71 bits per heavy atom. The molecule has 2 aromatic rings. The predicted octanol–water partition coefficient (Wildman–Crippen LogP) is 4.20. The lowest BCUT2D eigenvalue weighted by molar-refractivity contribution is -0.123. The van der Waals surface area contributed by atoms with Crippen molar-refractivity contribution in [1.82, 2.24) is 0 Å². The van der Waals surface area contributed by atoms with E-state index in [0.717, 1.165) is 5.56 Å². The lowest BCUT2D eigenvalue weighted by Gasteiger charge is -2.18. The smallest absolute Gasteiger partial charge is 0.262 e. The maximum absolute atomic E-state index is 12.3. The molecule has 0 saturated carbocycles. The number of benzene rings is 2. The van der Waals surface area contributed by atoms with Gasteiger partial charge in [-0.3, -0.25) is 14.4 Å². The number of anilines is 2. The topological polar surface area (TPSA) is 84.5 Å². The molecule has 0 unspecified atom stereocenters. The zero-order valence-electron chi connectivity index (χ0n) is 16.9. The average molecular weight is 382 g/mol. The number of amides is 2. The van der Waals surface area contributed by atoms with Gasteiger partial charge in [0.25, 0.3) is 5.91 Å². The van der Waals surface area contributed by atoms with E-state index < -0.39 is 5.41 Å². The number of ether oxygens (including phenoxy) is 1. The molecular formula is C22H26N2O4. The van der Waals surface area contributed by atoms with Crippen LogP contribution >= 0.6 is 0 Å². The minimum Gasteiger partial charge on any atom is -0.484 e. The maximum atomic E-state index is 12.3. The fraction of sp³-hybridized carbons (Fsp3) is 0.318. The van der Waals surface area contributed by atoms with Crippen LogP contribution in [0.2, 0.25) is 0 Å². The number of carbonyl (C=O) groups is 3. The summed E-state index contributed by atoms with van der Waals surface area (Å²) in [5.74, 6) is -0.0663. The summed E-state index contributed by atoms with van der Waals surface area (Å²) in [6.07, 6.45) is 0. The molecule has 0 radical (unpaired) electrons. The van der Waals surface area contributed by atoms with Crippen molar-refractivity contribution in [3.8, 4) is 5.75 Å². The van der Waals surface area contributed by atoms with E-state index in [1.807, 2.05) is 33.8 Å².